The Balaban J connectivity index is 1.50. The van der Waals surface area contributed by atoms with E-state index in [1.165, 1.54) is 0 Å². The van der Waals surface area contributed by atoms with Crippen molar-refractivity contribution >= 4 is 16.9 Å². The molecule has 1 unspecified atom stereocenters. The van der Waals surface area contributed by atoms with E-state index in [0.29, 0.717) is 13.0 Å². The Morgan fingerprint density at radius 1 is 1.30 bits per heavy atom. The zero-order chi connectivity index (χ0) is 15.6. The number of fused-ring (bicyclic) bond motifs is 1. The van der Waals surface area contributed by atoms with Crippen LogP contribution in [0.1, 0.15) is 31.1 Å². The van der Waals surface area contributed by atoms with Crippen molar-refractivity contribution in [3.8, 4) is 0 Å². The summed E-state index contributed by atoms with van der Waals surface area (Å²) in [6, 6.07) is 9.92. The van der Waals surface area contributed by atoms with Crippen molar-refractivity contribution in [1.82, 2.24) is 24.6 Å². The maximum atomic E-state index is 12.6. The lowest BCUT2D eigenvalue weighted by Crippen LogP contribution is -2.31. The van der Waals surface area contributed by atoms with Gasteiger partial charge in [0.1, 0.15) is 5.82 Å². The first-order valence-electron chi connectivity index (χ1n) is 8.03. The van der Waals surface area contributed by atoms with E-state index in [-0.39, 0.29) is 11.9 Å². The van der Waals surface area contributed by atoms with Crippen LogP contribution in [-0.2, 0) is 11.3 Å². The van der Waals surface area contributed by atoms with Crippen LogP contribution in [0.25, 0.3) is 11.0 Å². The summed E-state index contributed by atoms with van der Waals surface area (Å²) >= 11 is 0. The lowest BCUT2D eigenvalue weighted by atomic mass is 10.2. The van der Waals surface area contributed by atoms with Gasteiger partial charge in [-0.1, -0.05) is 12.1 Å². The smallest absolute Gasteiger partial charge is 0.225 e. The minimum Gasteiger partial charge on any atom is -0.340 e. The second kappa shape index (κ2) is 5.87. The van der Waals surface area contributed by atoms with Crippen LogP contribution in [0.3, 0.4) is 0 Å². The highest BCUT2D eigenvalue weighted by Gasteiger charge is 2.31. The topological polar surface area (TPSA) is 66.8 Å². The Bertz CT molecular complexity index is 774. The lowest BCUT2D eigenvalue weighted by molar-refractivity contribution is -0.132. The Morgan fingerprint density at radius 2 is 2.22 bits per heavy atom. The molecule has 0 radical (unpaired) electrons. The monoisotopic (exact) mass is 309 g/mol. The number of rotatable bonds is 4. The van der Waals surface area contributed by atoms with E-state index in [2.05, 4.69) is 15.1 Å². The SMILES string of the molecule is O=C(CCn1cccn1)N1CCCC1c1nc2ccccc2[nH]1. The molecule has 1 atom stereocenters. The highest BCUT2D eigenvalue weighted by atomic mass is 16.2. The van der Waals surface area contributed by atoms with Gasteiger partial charge in [0.15, 0.2) is 0 Å². The number of carbonyl (C=O) groups is 1. The number of nitrogens with one attached hydrogen (secondary N) is 1. The van der Waals surface area contributed by atoms with Crippen molar-refractivity contribution in [3.63, 3.8) is 0 Å². The Morgan fingerprint density at radius 3 is 3.04 bits per heavy atom. The molecule has 0 spiro atoms. The fraction of sp³-hybridized carbons (Fsp3) is 0.353. The predicted octanol–water partition coefficient (Wildman–Crippen LogP) is 2.51. The van der Waals surface area contributed by atoms with Crippen LogP contribution in [-0.4, -0.2) is 37.1 Å². The number of aromatic amines is 1. The molecule has 2 aromatic heterocycles. The van der Waals surface area contributed by atoms with E-state index in [0.717, 1.165) is 36.2 Å². The normalized spacial score (nSPS) is 17.9. The minimum absolute atomic E-state index is 0.0625. The number of benzene rings is 1. The molecule has 1 amide bonds. The van der Waals surface area contributed by atoms with Gasteiger partial charge in [-0.3, -0.25) is 9.48 Å². The van der Waals surface area contributed by atoms with Crippen molar-refractivity contribution < 1.29 is 4.79 Å². The first-order chi connectivity index (χ1) is 11.3. The van der Waals surface area contributed by atoms with Crippen molar-refractivity contribution in [2.45, 2.75) is 31.8 Å². The molecule has 3 aromatic rings. The summed E-state index contributed by atoms with van der Waals surface area (Å²) in [5, 5.41) is 4.15. The van der Waals surface area contributed by atoms with Crippen LogP contribution in [0.15, 0.2) is 42.7 Å². The number of para-hydroxylation sites is 2. The standard InChI is InChI=1S/C17H19N5O/c23-16(8-12-21-10-4-9-18-21)22-11-3-7-15(22)17-19-13-5-1-2-6-14(13)20-17/h1-2,4-6,9-10,15H,3,7-8,11-12H2,(H,19,20). The molecule has 1 N–H and O–H groups in total. The van der Waals surface area contributed by atoms with Gasteiger partial charge in [0.25, 0.3) is 0 Å². The van der Waals surface area contributed by atoms with Crippen molar-refractivity contribution in [1.29, 1.82) is 0 Å². The predicted molar refractivity (Wildman–Crippen MR) is 86.6 cm³/mol. The number of hydrogen-bond acceptors (Lipinski definition) is 3. The quantitative estimate of drug-likeness (QED) is 0.805. The molecular formula is C17H19N5O. The molecule has 118 valence electrons. The van der Waals surface area contributed by atoms with E-state index >= 15 is 0 Å². The maximum Gasteiger partial charge on any atom is 0.225 e. The summed E-state index contributed by atoms with van der Waals surface area (Å²) in [5.74, 6) is 1.07. The van der Waals surface area contributed by atoms with E-state index < -0.39 is 0 Å². The summed E-state index contributed by atoms with van der Waals surface area (Å²) in [5.41, 5.74) is 1.98. The first-order valence-corrected chi connectivity index (χ1v) is 8.03. The van der Waals surface area contributed by atoms with Gasteiger partial charge in [0.05, 0.1) is 17.1 Å². The number of nitrogens with zero attached hydrogens (tertiary/aromatic N) is 4. The molecule has 4 rings (SSSR count). The number of likely N-dealkylation sites (tertiary alicyclic amines) is 1. The molecule has 23 heavy (non-hydrogen) atoms. The minimum atomic E-state index is 0.0625. The van der Waals surface area contributed by atoms with Crippen LogP contribution in [0.5, 0.6) is 0 Å². The molecule has 6 nitrogen and oxygen atoms in total. The van der Waals surface area contributed by atoms with Crippen LogP contribution in [0, 0.1) is 0 Å². The fourth-order valence-electron chi connectivity index (χ4n) is 3.27. The van der Waals surface area contributed by atoms with Crippen molar-refractivity contribution in [2.24, 2.45) is 0 Å². The molecule has 0 aliphatic carbocycles. The summed E-state index contributed by atoms with van der Waals surface area (Å²) in [6.07, 6.45) is 6.08. The molecule has 3 heterocycles. The third-order valence-corrected chi connectivity index (χ3v) is 4.41. The fourth-order valence-corrected chi connectivity index (χ4v) is 3.27. The number of aromatic nitrogens is 4. The van der Waals surface area contributed by atoms with Gasteiger partial charge < -0.3 is 9.88 Å². The summed E-state index contributed by atoms with van der Waals surface area (Å²) in [7, 11) is 0. The third-order valence-electron chi connectivity index (χ3n) is 4.41. The van der Waals surface area contributed by atoms with Crippen LogP contribution >= 0.6 is 0 Å². The van der Waals surface area contributed by atoms with Gasteiger partial charge in [-0.2, -0.15) is 5.10 Å². The zero-order valence-electron chi connectivity index (χ0n) is 12.9. The van der Waals surface area contributed by atoms with E-state index in [1.807, 2.05) is 41.4 Å². The van der Waals surface area contributed by atoms with Crippen molar-refractivity contribution in [2.75, 3.05) is 6.54 Å². The summed E-state index contributed by atoms with van der Waals surface area (Å²) in [6.45, 7) is 1.43. The van der Waals surface area contributed by atoms with Gasteiger partial charge in [-0.25, -0.2) is 4.98 Å². The highest BCUT2D eigenvalue weighted by Crippen LogP contribution is 2.31. The van der Waals surface area contributed by atoms with Crippen LogP contribution in [0.2, 0.25) is 0 Å². The number of hydrogen-bond donors (Lipinski definition) is 1. The van der Waals surface area contributed by atoms with Gasteiger partial charge in [-0.05, 0) is 31.0 Å². The molecule has 1 aliphatic heterocycles. The lowest BCUT2D eigenvalue weighted by Gasteiger charge is -2.23. The average Bonchev–Trinajstić information content (AvgIpc) is 3.31. The summed E-state index contributed by atoms with van der Waals surface area (Å²) in [4.78, 5) is 22.6. The van der Waals surface area contributed by atoms with Crippen LogP contribution in [0.4, 0.5) is 0 Å². The molecule has 1 saturated heterocycles. The Hall–Kier alpha value is -2.63. The second-order valence-corrected chi connectivity index (χ2v) is 5.90. The van der Waals surface area contributed by atoms with Crippen LogP contribution < -0.4 is 0 Å². The number of amides is 1. The zero-order valence-corrected chi connectivity index (χ0v) is 12.9. The average molecular weight is 309 g/mol. The molecule has 0 saturated carbocycles. The molecule has 1 aliphatic rings. The maximum absolute atomic E-state index is 12.6. The first kappa shape index (κ1) is 14.0. The molecule has 6 heteroatoms. The van der Waals surface area contributed by atoms with Gasteiger partial charge in [-0.15, -0.1) is 0 Å². The highest BCUT2D eigenvalue weighted by molar-refractivity contribution is 5.78. The largest absolute Gasteiger partial charge is 0.340 e. The molecular weight excluding hydrogens is 290 g/mol. The summed E-state index contributed by atoms with van der Waals surface area (Å²) < 4.78 is 1.80. The Labute approximate surface area is 134 Å². The Kier molecular flexibility index (Phi) is 3.57. The number of H-pyrrole nitrogens is 1. The van der Waals surface area contributed by atoms with Gasteiger partial charge >= 0.3 is 0 Å². The van der Waals surface area contributed by atoms with Crippen molar-refractivity contribution in [3.05, 3.63) is 48.5 Å². The van der Waals surface area contributed by atoms with Gasteiger partial charge in [0.2, 0.25) is 5.91 Å². The number of carbonyl (C=O) groups excluding carboxylic acids is 1. The molecule has 1 fully saturated rings. The van der Waals surface area contributed by atoms with Gasteiger partial charge in [0, 0.05) is 31.9 Å². The number of imidazole rings is 1. The van der Waals surface area contributed by atoms with E-state index in [4.69, 9.17) is 0 Å². The number of aryl methyl sites for hydroxylation is 1. The third kappa shape index (κ3) is 2.72. The second-order valence-electron chi connectivity index (χ2n) is 5.90. The molecule has 1 aromatic carbocycles. The van der Waals surface area contributed by atoms with E-state index in [1.54, 1.807) is 10.9 Å². The molecule has 0 bridgehead atoms. The van der Waals surface area contributed by atoms with E-state index in [9.17, 15) is 4.79 Å².